The molecule has 2 aliphatic rings. The van der Waals surface area contributed by atoms with Crippen molar-refractivity contribution in [2.75, 3.05) is 16.7 Å². The lowest BCUT2D eigenvalue weighted by Gasteiger charge is -2.23. The average molecular weight is 797 g/mol. The number of fused-ring (bicyclic) bond motifs is 4. The number of benzene rings is 2. The topological polar surface area (TPSA) is 170 Å². The van der Waals surface area contributed by atoms with Crippen LogP contribution in [0.5, 0.6) is 0 Å². The summed E-state index contributed by atoms with van der Waals surface area (Å²) in [6.07, 6.45) is 0.695. The molecule has 12 nitrogen and oxygen atoms in total. The number of amides is 1. The SMILES string of the molecule is C=C1[C@@H]2c3c(N)nn(CC(=O)N[C@@H](Cc4cc(F)cc(F)c4)c4nc(C#CC(C)(C)O)ccc4-c4ccc(Cl)c5c(NS(C)(=O)=O)nn(C)c45)c3C(F)(F)[C@H]12. The van der Waals surface area contributed by atoms with Crippen LogP contribution in [0.1, 0.15) is 54.0 Å². The first kappa shape index (κ1) is 37.9. The highest BCUT2D eigenvalue weighted by molar-refractivity contribution is 7.92. The van der Waals surface area contributed by atoms with Gasteiger partial charge in [-0.25, -0.2) is 22.2 Å². The smallest absolute Gasteiger partial charge is 0.297 e. The fourth-order valence-electron chi connectivity index (χ4n) is 7.18. The minimum Gasteiger partial charge on any atom is -0.382 e. The van der Waals surface area contributed by atoms with E-state index in [2.05, 4.69) is 38.7 Å². The zero-order valence-electron chi connectivity index (χ0n) is 29.7. The van der Waals surface area contributed by atoms with Crippen molar-refractivity contribution in [1.29, 1.82) is 0 Å². The van der Waals surface area contributed by atoms with Crippen LogP contribution in [0.2, 0.25) is 5.02 Å². The van der Waals surface area contributed by atoms with E-state index in [0.717, 1.165) is 23.1 Å². The molecular formula is C37H33ClF4N8O4S. The van der Waals surface area contributed by atoms with Crippen LogP contribution >= 0.6 is 11.6 Å². The van der Waals surface area contributed by atoms with Gasteiger partial charge < -0.3 is 16.2 Å². The number of nitrogens with one attached hydrogen (secondary N) is 2. The van der Waals surface area contributed by atoms with E-state index in [9.17, 15) is 27.1 Å². The molecule has 1 saturated carbocycles. The molecule has 2 aromatic carbocycles. The van der Waals surface area contributed by atoms with Gasteiger partial charge in [0.25, 0.3) is 5.92 Å². The van der Waals surface area contributed by atoms with Gasteiger partial charge >= 0.3 is 0 Å². The zero-order valence-corrected chi connectivity index (χ0v) is 31.3. The Kier molecular flexibility index (Phi) is 9.02. The van der Waals surface area contributed by atoms with Gasteiger partial charge in [-0.1, -0.05) is 35.7 Å². The second-order valence-corrected chi connectivity index (χ2v) is 16.3. The predicted molar refractivity (Wildman–Crippen MR) is 197 cm³/mol. The highest BCUT2D eigenvalue weighted by atomic mass is 35.5. The van der Waals surface area contributed by atoms with Crippen LogP contribution in [0.15, 0.2) is 54.6 Å². The van der Waals surface area contributed by atoms with Crippen molar-refractivity contribution in [3.8, 4) is 23.0 Å². The Bertz CT molecular complexity index is 2620. The van der Waals surface area contributed by atoms with Crippen molar-refractivity contribution in [3.63, 3.8) is 0 Å². The molecule has 286 valence electrons. The average Bonchev–Trinajstić information content (AvgIpc) is 3.30. The van der Waals surface area contributed by atoms with E-state index in [1.807, 2.05) is 0 Å². The summed E-state index contributed by atoms with van der Waals surface area (Å²) in [4.78, 5) is 18.7. The summed E-state index contributed by atoms with van der Waals surface area (Å²) < 4.78 is 89.1. The van der Waals surface area contributed by atoms with E-state index in [4.69, 9.17) is 22.3 Å². The van der Waals surface area contributed by atoms with Crippen LogP contribution in [-0.2, 0) is 40.8 Å². The summed E-state index contributed by atoms with van der Waals surface area (Å²) in [5.41, 5.74) is 6.07. The number of nitrogens with zero attached hydrogens (tertiary/aromatic N) is 5. The number of nitrogens with two attached hydrogens (primary N) is 1. The number of anilines is 2. The Balaban J connectivity index is 1.38. The number of carbonyl (C=O) groups excluding carboxylic acids is 1. The third kappa shape index (κ3) is 7.12. The zero-order chi connectivity index (χ0) is 39.9. The van der Waals surface area contributed by atoms with Crippen molar-refractivity contribution < 1.29 is 35.9 Å². The Labute approximate surface area is 317 Å². The normalized spacial score (nSPS) is 17.7. The van der Waals surface area contributed by atoms with E-state index in [0.29, 0.717) is 28.3 Å². The fourth-order valence-corrected chi connectivity index (χ4v) is 7.91. The molecule has 0 aliphatic heterocycles. The first-order valence-corrected chi connectivity index (χ1v) is 19.0. The molecule has 18 heteroatoms. The molecule has 0 spiro atoms. The molecule has 5 N–H and O–H groups in total. The molecule has 0 radical (unpaired) electrons. The van der Waals surface area contributed by atoms with Crippen LogP contribution in [0.3, 0.4) is 0 Å². The van der Waals surface area contributed by atoms with Gasteiger partial charge in [0, 0.05) is 35.7 Å². The molecule has 3 heterocycles. The summed E-state index contributed by atoms with van der Waals surface area (Å²) in [5, 5.41) is 21.9. The van der Waals surface area contributed by atoms with Gasteiger partial charge in [0.05, 0.1) is 39.8 Å². The summed E-state index contributed by atoms with van der Waals surface area (Å²) >= 11 is 6.59. The standard InChI is InChI=1S/C37H33ClF4N8O4S/c1-17-27-29-33(37(41,42)30(17)27)50(46-34(29)43)16-26(51)45-25(14-18-12-19(39)15-20(40)13-18)31-22(7-6-21(44-31)10-11-36(2,3)52)23-8-9-24(38)28-32(23)49(4)47-35(28)48-55(5,53)54/h6-9,12-13,15,25,27,30,52H,1,14,16H2,2-5H3,(H2,43,46)(H,45,51)(H,47,48)/t25-,27+,30+/m0/s1. The summed E-state index contributed by atoms with van der Waals surface area (Å²) in [6, 6.07) is 7.91. The number of aryl methyl sites for hydroxylation is 1. The highest BCUT2D eigenvalue weighted by Gasteiger charge is 2.69. The Morgan fingerprint density at radius 1 is 1.15 bits per heavy atom. The maximum Gasteiger partial charge on any atom is 0.297 e. The molecular weight excluding hydrogens is 764 g/mol. The van der Waals surface area contributed by atoms with Gasteiger partial charge in [0.15, 0.2) is 5.82 Å². The Morgan fingerprint density at radius 3 is 2.47 bits per heavy atom. The van der Waals surface area contributed by atoms with E-state index < -0.39 is 69.2 Å². The monoisotopic (exact) mass is 796 g/mol. The summed E-state index contributed by atoms with van der Waals surface area (Å²) in [7, 11) is -2.24. The van der Waals surface area contributed by atoms with E-state index in [-0.39, 0.29) is 51.0 Å². The fraction of sp³-hybridized carbons (Fsp3) is 0.297. The van der Waals surface area contributed by atoms with Crippen molar-refractivity contribution in [2.45, 2.75) is 50.3 Å². The molecule has 3 aromatic heterocycles. The van der Waals surface area contributed by atoms with Crippen LogP contribution in [0.25, 0.3) is 22.0 Å². The van der Waals surface area contributed by atoms with Crippen LogP contribution in [-0.4, -0.2) is 55.8 Å². The van der Waals surface area contributed by atoms with Crippen LogP contribution in [0.4, 0.5) is 29.2 Å². The number of aliphatic hydroxyl groups is 1. The number of hydrogen-bond donors (Lipinski definition) is 4. The van der Waals surface area contributed by atoms with Gasteiger partial charge in [-0.2, -0.15) is 19.0 Å². The molecule has 55 heavy (non-hydrogen) atoms. The van der Waals surface area contributed by atoms with E-state index in [1.54, 1.807) is 25.2 Å². The lowest BCUT2D eigenvalue weighted by Crippen LogP contribution is -2.35. The largest absolute Gasteiger partial charge is 0.382 e. The molecule has 3 atom stereocenters. The molecule has 0 unspecified atom stereocenters. The lowest BCUT2D eigenvalue weighted by molar-refractivity contribution is -0.122. The number of pyridine rings is 1. The number of aromatic nitrogens is 5. The van der Waals surface area contributed by atoms with Gasteiger partial charge in [0.1, 0.15) is 41.0 Å². The number of carbonyl (C=O) groups is 1. The number of hydrogen-bond acceptors (Lipinski definition) is 8. The molecule has 0 saturated heterocycles. The third-order valence-corrected chi connectivity index (χ3v) is 10.2. The van der Waals surface area contributed by atoms with E-state index in [1.165, 1.54) is 24.6 Å². The first-order valence-electron chi connectivity index (χ1n) is 16.7. The number of rotatable bonds is 9. The second kappa shape index (κ2) is 13.1. The van der Waals surface area contributed by atoms with Crippen molar-refractivity contribution in [1.82, 2.24) is 29.9 Å². The molecule has 0 bridgehead atoms. The third-order valence-electron chi connectivity index (χ3n) is 9.31. The molecule has 1 fully saturated rings. The Hall–Kier alpha value is -5.44. The Morgan fingerprint density at radius 2 is 1.82 bits per heavy atom. The number of nitrogen functional groups attached to an aromatic ring is 1. The van der Waals surface area contributed by atoms with Crippen molar-refractivity contribution in [2.24, 2.45) is 13.0 Å². The molecule has 2 aliphatic carbocycles. The van der Waals surface area contributed by atoms with Crippen molar-refractivity contribution in [3.05, 3.63) is 99.5 Å². The summed E-state index contributed by atoms with van der Waals surface area (Å²) in [5.74, 6) is -2.48. The lowest BCUT2D eigenvalue weighted by atomic mass is 9.93. The molecule has 7 rings (SSSR count). The van der Waals surface area contributed by atoms with Gasteiger partial charge in [-0.3, -0.25) is 18.9 Å². The number of sulfonamides is 1. The number of alkyl halides is 2. The summed E-state index contributed by atoms with van der Waals surface area (Å²) in [6.45, 7) is 5.95. The predicted octanol–water partition coefficient (Wildman–Crippen LogP) is 5.31. The first-order chi connectivity index (χ1) is 25.6. The minimum atomic E-state index is -3.80. The number of allylic oxidation sites excluding steroid dienone is 1. The van der Waals surface area contributed by atoms with Crippen molar-refractivity contribution >= 4 is 50.1 Å². The van der Waals surface area contributed by atoms with Crippen LogP contribution < -0.4 is 15.8 Å². The molecule has 5 aromatic rings. The highest BCUT2D eigenvalue weighted by Crippen LogP contribution is 2.70. The van der Waals surface area contributed by atoms with Crippen LogP contribution in [0, 0.1) is 29.4 Å². The van der Waals surface area contributed by atoms with E-state index >= 15 is 8.78 Å². The van der Waals surface area contributed by atoms with Gasteiger partial charge in [0.2, 0.25) is 15.9 Å². The van der Waals surface area contributed by atoms with Gasteiger partial charge in [-0.15, -0.1) is 0 Å². The maximum absolute atomic E-state index is 15.5. The molecule has 1 amide bonds. The maximum atomic E-state index is 15.5. The number of halogens is 5. The second-order valence-electron chi connectivity index (χ2n) is 14.2. The minimum absolute atomic E-state index is 0.0573. The van der Waals surface area contributed by atoms with Gasteiger partial charge in [-0.05, 0) is 62.1 Å². The quantitative estimate of drug-likeness (QED) is 0.0884.